The van der Waals surface area contributed by atoms with Crippen molar-refractivity contribution in [2.45, 2.75) is 0 Å². The molecule has 2 nitrogen and oxygen atoms in total. The van der Waals surface area contributed by atoms with Crippen LogP contribution in [-0.2, 0) is 0 Å². The predicted molar refractivity (Wildman–Crippen MR) is 196 cm³/mol. The van der Waals surface area contributed by atoms with E-state index in [9.17, 15) is 0 Å². The Hall–Kier alpha value is -6.12. The molecule has 0 spiro atoms. The molecule has 2 heterocycles. The van der Waals surface area contributed by atoms with Crippen LogP contribution in [0.1, 0.15) is 0 Å². The molecule has 10 rings (SSSR count). The van der Waals surface area contributed by atoms with Crippen molar-refractivity contribution < 1.29 is 0 Å². The zero-order valence-electron chi connectivity index (χ0n) is 25.1. The lowest BCUT2D eigenvalue weighted by Gasteiger charge is -2.12. The third-order valence-electron chi connectivity index (χ3n) is 9.68. The number of hydrogen-bond acceptors (Lipinski definition) is 0. The van der Waals surface area contributed by atoms with Crippen LogP contribution in [0.5, 0.6) is 0 Å². The highest BCUT2D eigenvalue weighted by Crippen LogP contribution is 2.39. The Morgan fingerprint density at radius 2 is 0.804 bits per heavy atom. The average molecular weight is 585 g/mol. The summed E-state index contributed by atoms with van der Waals surface area (Å²) in [6.07, 6.45) is 0. The molecule has 0 unspecified atom stereocenters. The summed E-state index contributed by atoms with van der Waals surface area (Å²) in [6, 6.07) is 62.1. The highest BCUT2D eigenvalue weighted by Gasteiger charge is 2.17. The lowest BCUT2D eigenvalue weighted by molar-refractivity contribution is 1.19. The summed E-state index contributed by atoms with van der Waals surface area (Å²) in [5.74, 6) is 0. The topological polar surface area (TPSA) is 9.86 Å². The van der Waals surface area contributed by atoms with Gasteiger partial charge in [-0.15, -0.1) is 0 Å². The van der Waals surface area contributed by atoms with Gasteiger partial charge >= 0.3 is 0 Å². The van der Waals surface area contributed by atoms with Crippen molar-refractivity contribution in [3.8, 4) is 22.5 Å². The summed E-state index contributed by atoms with van der Waals surface area (Å²) in [7, 11) is 0. The second-order valence-corrected chi connectivity index (χ2v) is 12.2. The third-order valence-corrected chi connectivity index (χ3v) is 9.68. The number of hydrogen-bond donors (Lipinski definition) is 0. The van der Waals surface area contributed by atoms with Gasteiger partial charge < -0.3 is 9.13 Å². The van der Waals surface area contributed by atoms with Gasteiger partial charge in [0.2, 0.25) is 0 Å². The molecule has 0 aliphatic carbocycles. The van der Waals surface area contributed by atoms with Crippen molar-refractivity contribution >= 4 is 65.2 Å². The summed E-state index contributed by atoms with van der Waals surface area (Å²) >= 11 is 0. The molecule has 0 N–H and O–H groups in total. The quantitative estimate of drug-likeness (QED) is 0.195. The number of nitrogens with zero attached hydrogens (tertiary/aromatic N) is 2. The smallest absolute Gasteiger partial charge is 0.0541 e. The molecular weight excluding hydrogens is 556 g/mol. The number of fused-ring (bicyclic) bond motifs is 8. The second-order valence-electron chi connectivity index (χ2n) is 12.2. The minimum atomic E-state index is 1.18. The second kappa shape index (κ2) is 9.69. The first-order valence-electron chi connectivity index (χ1n) is 15.9. The average Bonchev–Trinajstić information content (AvgIpc) is 3.63. The summed E-state index contributed by atoms with van der Waals surface area (Å²) in [5.41, 5.74) is 9.71. The molecule has 0 fully saturated rings. The van der Waals surface area contributed by atoms with E-state index in [1.54, 1.807) is 0 Å². The maximum absolute atomic E-state index is 2.43. The molecule has 0 aliphatic rings. The number of aromatic nitrogens is 2. The maximum Gasteiger partial charge on any atom is 0.0541 e. The molecular formula is C44H28N2. The minimum absolute atomic E-state index is 1.18. The van der Waals surface area contributed by atoms with Gasteiger partial charge in [-0.05, 0) is 81.9 Å². The van der Waals surface area contributed by atoms with Crippen LogP contribution in [0.25, 0.3) is 87.7 Å². The SMILES string of the molecule is c1ccc2cc(-n3c4ccccc4c4cc(-c5ccc6c(c5)c5ccccc5n6-c5cccc6ccccc56)ccc43)ccc2c1. The van der Waals surface area contributed by atoms with E-state index in [2.05, 4.69) is 179 Å². The van der Waals surface area contributed by atoms with Gasteiger partial charge in [0.05, 0.1) is 27.8 Å². The molecule has 46 heavy (non-hydrogen) atoms. The van der Waals surface area contributed by atoms with Crippen LogP contribution in [0.3, 0.4) is 0 Å². The summed E-state index contributed by atoms with van der Waals surface area (Å²) in [6.45, 7) is 0. The summed E-state index contributed by atoms with van der Waals surface area (Å²) < 4.78 is 4.83. The molecule has 2 aromatic heterocycles. The monoisotopic (exact) mass is 584 g/mol. The first-order chi connectivity index (χ1) is 22.8. The van der Waals surface area contributed by atoms with E-state index in [1.807, 2.05) is 0 Å². The lowest BCUT2D eigenvalue weighted by Crippen LogP contribution is -1.95. The van der Waals surface area contributed by atoms with E-state index >= 15 is 0 Å². The Balaban J connectivity index is 1.18. The molecule has 8 aromatic carbocycles. The largest absolute Gasteiger partial charge is 0.309 e. The normalized spacial score (nSPS) is 11.9. The van der Waals surface area contributed by atoms with Crippen LogP contribution in [0, 0.1) is 0 Å². The Morgan fingerprint density at radius 1 is 0.283 bits per heavy atom. The van der Waals surface area contributed by atoms with E-state index in [0.29, 0.717) is 0 Å². The van der Waals surface area contributed by atoms with Gasteiger partial charge in [-0.1, -0.05) is 115 Å². The number of rotatable bonds is 3. The van der Waals surface area contributed by atoms with Gasteiger partial charge in [0.25, 0.3) is 0 Å². The molecule has 10 aromatic rings. The van der Waals surface area contributed by atoms with Crippen molar-refractivity contribution in [2.75, 3.05) is 0 Å². The molecule has 0 atom stereocenters. The van der Waals surface area contributed by atoms with E-state index in [-0.39, 0.29) is 0 Å². The Kier molecular flexibility index (Phi) is 5.31. The Bertz CT molecular complexity index is 2810. The molecule has 0 bridgehead atoms. The van der Waals surface area contributed by atoms with E-state index in [0.717, 1.165) is 0 Å². The van der Waals surface area contributed by atoms with Gasteiger partial charge in [-0.25, -0.2) is 0 Å². The van der Waals surface area contributed by atoms with Crippen LogP contribution in [0.15, 0.2) is 170 Å². The van der Waals surface area contributed by atoms with Gasteiger partial charge in [0.15, 0.2) is 0 Å². The zero-order chi connectivity index (χ0) is 30.2. The predicted octanol–water partition coefficient (Wildman–Crippen LogP) is 11.9. The molecule has 2 heteroatoms. The van der Waals surface area contributed by atoms with Crippen molar-refractivity contribution in [3.05, 3.63) is 170 Å². The van der Waals surface area contributed by atoms with Crippen LogP contribution in [0.4, 0.5) is 0 Å². The Labute approximate surface area is 266 Å². The number of benzene rings is 8. The molecule has 214 valence electrons. The first-order valence-corrected chi connectivity index (χ1v) is 15.9. The fourth-order valence-corrected chi connectivity index (χ4v) is 7.56. The Morgan fingerprint density at radius 3 is 1.52 bits per heavy atom. The molecule has 0 aliphatic heterocycles. The van der Waals surface area contributed by atoms with Crippen molar-refractivity contribution in [3.63, 3.8) is 0 Å². The van der Waals surface area contributed by atoms with Gasteiger partial charge in [0, 0.05) is 32.6 Å². The molecule has 0 amide bonds. The number of para-hydroxylation sites is 2. The zero-order valence-corrected chi connectivity index (χ0v) is 25.1. The lowest BCUT2D eigenvalue weighted by atomic mass is 10.0. The van der Waals surface area contributed by atoms with Crippen molar-refractivity contribution in [1.29, 1.82) is 0 Å². The summed E-state index contributed by atoms with van der Waals surface area (Å²) in [5, 5.41) is 10.1. The highest BCUT2D eigenvalue weighted by molar-refractivity contribution is 6.13. The van der Waals surface area contributed by atoms with Gasteiger partial charge in [-0.2, -0.15) is 0 Å². The van der Waals surface area contributed by atoms with Gasteiger partial charge in [-0.3, -0.25) is 0 Å². The maximum atomic E-state index is 2.43. The third kappa shape index (κ3) is 3.65. The van der Waals surface area contributed by atoms with E-state index in [4.69, 9.17) is 0 Å². The van der Waals surface area contributed by atoms with Crippen molar-refractivity contribution in [1.82, 2.24) is 9.13 Å². The molecule has 0 radical (unpaired) electrons. The highest BCUT2D eigenvalue weighted by atomic mass is 15.0. The van der Waals surface area contributed by atoms with Crippen LogP contribution < -0.4 is 0 Å². The fourth-order valence-electron chi connectivity index (χ4n) is 7.56. The minimum Gasteiger partial charge on any atom is -0.309 e. The summed E-state index contributed by atoms with van der Waals surface area (Å²) in [4.78, 5) is 0. The van der Waals surface area contributed by atoms with E-state index < -0.39 is 0 Å². The molecule has 0 saturated carbocycles. The first kappa shape index (κ1) is 25.2. The fraction of sp³-hybridized carbons (Fsp3) is 0. The van der Waals surface area contributed by atoms with Crippen LogP contribution in [0.2, 0.25) is 0 Å². The van der Waals surface area contributed by atoms with Crippen LogP contribution in [-0.4, -0.2) is 9.13 Å². The van der Waals surface area contributed by atoms with Gasteiger partial charge in [0.1, 0.15) is 0 Å². The van der Waals surface area contributed by atoms with Crippen LogP contribution >= 0.6 is 0 Å². The standard InChI is InChI=1S/C44H28N2/c1-2-12-31-26-34(23-20-29(31)10-1)45-41-17-7-5-15-36(41)38-27-32(21-24-43(38)45)33-22-25-44-39(28-33)37-16-6-8-18-42(37)46(44)40-19-9-13-30-11-3-4-14-35(30)40/h1-28H. The van der Waals surface area contributed by atoms with Crippen molar-refractivity contribution in [2.24, 2.45) is 0 Å². The van der Waals surface area contributed by atoms with E-state index in [1.165, 1.54) is 87.7 Å². The molecule has 0 saturated heterocycles.